The number of benzene rings is 2. The SMILES string of the molecule is N=C(N)NOCCCOc1ccc(C[C@H](NS(=O)(=O)c2cc(Cl)cc(Cl)c2)C(=O)OC(=O)C(F)(F)F)cc1. The predicted octanol–water partition coefficient (Wildman–Crippen LogP) is 2.70. The molecule has 0 amide bonds. The second-order valence-electron chi connectivity index (χ2n) is 7.40. The normalized spacial score (nSPS) is 12.4. The quantitative estimate of drug-likeness (QED) is 0.0714. The molecule has 0 saturated heterocycles. The van der Waals surface area contributed by atoms with E-state index < -0.39 is 45.5 Å². The van der Waals surface area contributed by atoms with Crippen molar-refractivity contribution in [2.45, 2.75) is 30.0 Å². The van der Waals surface area contributed by atoms with Crippen molar-refractivity contribution in [3.05, 3.63) is 58.1 Å². The van der Waals surface area contributed by atoms with Crippen LogP contribution >= 0.6 is 23.2 Å². The van der Waals surface area contributed by atoms with Crippen LogP contribution in [0.1, 0.15) is 12.0 Å². The number of nitrogens with one attached hydrogen (secondary N) is 3. The van der Waals surface area contributed by atoms with E-state index in [9.17, 15) is 31.2 Å². The van der Waals surface area contributed by atoms with Gasteiger partial charge in [-0.3, -0.25) is 10.2 Å². The Labute approximate surface area is 224 Å². The van der Waals surface area contributed by atoms with Crippen LogP contribution in [-0.2, 0) is 35.6 Å². The van der Waals surface area contributed by atoms with E-state index in [2.05, 4.69) is 10.2 Å². The highest BCUT2D eigenvalue weighted by atomic mass is 35.5. The Balaban J connectivity index is 2.14. The first-order chi connectivity index (χ1) is 17.7. The van der Waals surface area contributed by atoms with Crippen LogP contribution in [0.4, 0.5) is 13.2 Å². The van der Waals surface area contributed by atoms with Gasteiger partial charge in [0.2, 0.25) is 16.0 Å². The number of esters is 2. The van der Waals surface area contributed by atoms with Crippen molar-refractivity contribution >= 4 is 51.1 Å². The van der Waals surface area contributed by atoms with Gasteiger partial charge in [0, 0.05) is 16.5 Å². The first-order valence-electron chi connectivity index (χ1n) is 10.4. The van der Waals surface area contributed by atoms with Gasteiger partial charge in [0.05, 0.1) is 18.1 Å². The summed E-state index contributed by atoms with van der Waals surface area (Å²) in [4.78, 5) is 28.0. The molecule has 0 heterocycles. The van der Waals surface area contributed by atoms with E-state index in [0.29, 0.717) is 17.7 Å². The van der Waals surface area contributed by atoms with E-state index in [4.69, 9.17) is 43.9 Å². The van der Waals surface area contributed by atoms with Gasteiger partial charge in [0.25, 0.3) is 0 Å². The van der Waals surface area contributed by atoms with E-state index >= 15 is 0 Å². The summed E-state index contributed by atoms with van der Waals surface area (Å²) in [5.74, 6) is -4.55. The molecule has 17 heteroatoms. The van der Waals surface area contributed by atoms with Gasteiger partial charge in [0.15, 0.2) is 0 Å². The third kappa shape index (κ3) is 10.3. The Kier molecular flexibility index (Phi) is 11.1. The fourth-order valence-corrected chi connectivity index (χ4v) is 4.65. The lowest BCUT2D eigenvalue weighted by molar-refractivity contribution is -0.202. The molecule has 0 aliphatic heterocycles. The molecule has 0 bridgehead atoms. The summed E-state index contributed by atoms with van der Waals surface area (Å²) in [6.45, 7) is 0.408. The van der Waals surface area contributed by atoms with Gasteiger partial charge in [-0.1, -0.05) is 35.3 Å². The third-order valence-electron chi connectivity index (χ3n) is 4.36. The zero-order valence-electron chi connectivity index (χ0n) is 19.2. The average molecular weight is 601 g/mol. The van der Waals surface area contributed by atoms with Gasteiger partial charge in [-0.2, -0.15) is 17.9 Å². The largest absolute Gasteiger partial charge is 0.494 e. The van der Waals surface area contributed by atoms with Crippen molar-refractivity contribution in [1.82, 2.24) is 10.2 Å². The second kappa shape index (κ2) is 13.6. The highest BCUT2D eigenvalue weighted by Crippen LogP contribution is 2.23. The molecule has 0 fully saturated rings. The summed E-state index contributed by atoms with van der Waals surface area (Å²) >= 11 is 11.6. The van der Waals surface area contributed by atoms with Gasteiger partial charge >= 0.3 is 18.1 Å². The summed E-state index contributed by atoms with van der Waals surface area (Å²) < 4.78 is 74.7. The average Bonchev–Trinajstić information content (AvgIpc) is 2.80. The van der Waals surface area contributed by atoms with Gasteiger partial charge in [0.1, 0.15) is 11.8 Å². The second-order valence-corrected chi connectivity index (χ2v) is 9.99. The lowest BCUT2D eigenvalue weighted by Crippen LogP contribution is -2.45. The van der Waals surface area contributed by atoms with Crippen LogP contribution in [0.15, 0.2) is 47.4 Å². The molecule has 0 radical (unpaired) electrons. The Bertz CT molecular complexity index is 1240. The lowest BCUT2D eigenvalue weighted by Gasteiger charge is -2.18. The molecule has 0 aliphatic carbocycles. The Morgan fingerprint density at radius 2 is 1.66 bits per heavy atom. The molecule has 11 nitrogen and oxygen atoms in total. The number of alkyl halides is 3. The first-order valence-corrected chi connectivity index (χ1v) is 12.7. The highest BCUT2D eigenvalue weighted by molar-refractivity contribution is 7.89. The molecule has 0 saturated carbocycles. The summed E-state index contributed by atoms with van der Waals surface area (Å²) in [6.07, 6.45) is -5.54. The van der Waals surface area contributed by atoms with Crippen LogP contribution in [0.2, 0.25) is 10.0 Å². The smallest absolute Gasteiger partial charge is 0.491 e. The van der Waals surface area contributed by atoms with E-state index in [1.165, 1.54) is 30.3 Å². The summed E-state index contributed by atoms with van der Waals surface area (Å²) in [7, 11) is -4.55. The fourth-order valence-electron chi connectivity index (χ4n) is 2.74. The monoisotopic (exact) mass is 600 g/mol. The minimum Gasteiger partial charge on any atom is -0.494 e. The molecule has 1 atom stereocenters. The number of sulfonamides is 1. The van der Waals surface area contributed by atoms with Crippen molar-refractivity contribution in [3.8, 4) is 5.75 Å². The molecule has 38 heavy (non-hydrogen) atoms. The standard InChI is InChI=1S/C21H21Cl2F3N4O7S/c22-13-9-14(23)11-16(10-13)38(33,34)30-17(18(31)37-19(32)21(24,25)26)8-12-2-4-15(5-3-12)35-6-1-7-36-29-20(27)28/h2-5,9-11,17,30H,1,6-8H2,(H4,27,28,29)/t17-/m0/s1. The van der Waals surface area contributed by atoms with Crippen LogP contribution in [0, 0.1) is 5.41 Å². The van der Waals surface area contributed by atoms with Crippen molar-refractivity contribution in [2.75, 3.05) is 13.2 Å². The molecule has 0 spiro atoms. The maximum absolute atomic E-state index is 12.8. The Morgan fingerprint density at radius 3 is 2.21 bits per heavy atom. The number of guanidine groups is 1. The third-order valence-corrected chi connectivity index (χ3v) is 6.25. The molecule has 0 aromatic heterocycles. The summed E-state index contributed by atoms with van der Waals surface area (Å²) in [6, 6.07) is 7.13. The van der Waals surface area contributed by atoms with E-state index in [1.54, 1.807) is 0 Å². The minimum atomic E-state index is -5.48. The van der Waals surface area contributed by atoms with Gasteiger partial charge < -0.3 is 15.2 Å². The molecule has 0 aliphatic rings. The van der Waals surface area contributed by atoms with Crippen LogP contribution in [0.25, 0.3) is 0 Å². The van der Waals surface area contributed by atoms with E-state index in [0.717, 1.165) is 12.1 Å². The van der Waals surface area contributed by atoms with Gasteiger partial charge in [-0.25, -0.2) is 23.5 Å². The number of ether oxygens (including phenoxy) is 2. The van der Waals surface area contributed by atoms with Gasteiger partial charge in [-0.15, -0.1) is 0 Å². The summed E-state index contributed by atoms with van der Waals surface area (Å²) in [5, 5.41) is 6.83. The molecule has 208 valence electrons. The number of hydrogen-bond donors (Lipinski definition) is 4. The van der Waals surface area contributed by atoms with Crippen molar-refractivity contribution in [1.29, 1.82) is 5.41 Å². The molecular weight excluding hydrogens is 580 g/mol. The first kappa shape index (κ1) is 31.1. The predicted molar refractivity (Wildman–Crippen MR) is 129 cm³/mol. The number of hydroxylamine groups is 1. The zero-order chi connectivity index (χ0) is 28.5. The number of halogens is 5. The van der Waals surface area contributed by atoms with Crippen LogP contribution in [0.5, 0.6) is 5.75 Å². The van der Waals surface area contributed by atoms with E-state index in [-0.39, 0.29) is 29.2 Å². The van der Waals surface area contributed by atoms with Crippen molar-refractivity contribution in [2.24, 2.45) is 5.73 Å². The Morgan fingerprint density at radius 1 is 1.05 bits per heavy atom. The van der Waals surface area contributed by atoms with Crippen LogP contribution in [-0.4, -0.2) is 51.7 Å². The minimum absolute atomic E-state index is 0.0542. The van der Waals surface area contributed by atoms with Crippen molar-refractivity contribution < 1.29 is 45.5 Å². The van der Waals surface area contributed by atoms with Crippen LogP contribution < -0.4 is 20.7 Å². The highest BCUT2D eigenvalue weighted by Gasteiger charge is 2.43. The number of carbonyl (C=O) groups is 2. The number of carbonyl (C=O) groups excluding carboxylic acids is 2. The molecule has 2 rings (SSSR count). The zero-order valence-corrected chi connectivity index (χ0v) is 21.5. The van der Waals surface area contributed by atoms with Gasteiger partial charge in [-0.05, 0) is 42.3 Å². The topological polar surface area (TPSA) is 170 Å². The lowest BCUT2D eigenvalue weighted by atomic mass is 10.1. The van der Waals surface area contributed by atoms with E-state index in [1.807, 2.05) is 4.72 Å². The maximum atomic E-state index is 12.8. The molecule has 0 unspecified atom stereocenters. The Hall–Kier alpha value is -3.11. The number of rotatable bonds is 12. The summed E-state index contributed by atoms with van der Waals surface area (Å²) in [5.41, 5.74) is 7.50. The van der Waals surface area contributed by atoms with Crippen molar-refractivity contribution in [3.63, 3.8) is 0 Å². The van der Waals surface area contributed by atoms with Crippen LogP contribution in [0.3, 0.4) is 0 Å². The molecule has 5 N–H and O–H groups in total. The molecular formula is C21H21Cl2F3N4O7S. The maximum Gasteiger partial charge on any atom is 0.491 e. The number of nitrogens with two attached hydrogens (primary N) is 1. The molecule has 2 aromatic rings. The fraction of sp³-hybridized carbons (Fsp3) is 0.286. The number of hydrogen-bond acceptors (Lipinski definition) is 8. The molecule has 2 aromatic carbocycles.